The van der Waals surface area contributed by atoms with Crippen LogP contribution in [-0.2, 0) is 21.4 Å². The minimum absolute atomic E-state index is 0.0219. The Labute approximate surface area is 225 Å². The minimum Gasteiger partial charge on any atom is -0.497 e. The van der Waals surface area contributed by atoms with Gasteiger partial charge in [-0.1, -0.05) is 26.8 Å². The van der Waals surface area contributed by atoms with E-state index < -0.39 is 11.4 Å². The van der Waals surface area contributed by atoms with Crippen LogP contribution < -0.4 is 9.47 Å². The number of aromatic nitrogens is 1. The summed E-state index contributed by atoms with van der Waals surface area (Å²) in [7, 11) is 5.71. The number of carbonyl (C=O) groups is 3. The SMILES string of the molecule is CCC(=O)O.COc1ccc2c(CCN(C)C)cn(C(=O)CC(C)(C)c3c(C)cc(C)cc3OC=O)c2c1. The lowest BCUT2D eigenvalue weighted by Crippen LogP contribution is -2.26. The van der Waals surface area contributed by atoms with E-state index in [4.69, 9.17) is 14.6 Å². The van der Waals surface area contributed by atoms with E-state index in [0.29, 0.717) is 18.0 Å². The number of fused-ring (bicyclic) bond motifs is 1. The molecule has 1 aromatic heterocycles. The van der Waals surface area contributed by atoms with E-state index in [-0.39, 0.29) is 18.7 Å². The fourth-order valence-electron chi connectivity index (χ4n) is 4.65. The average molecular weight is 525 g/mol. The first-order chi connectivity index (χ1) is 17.8. The lowest BCUT2D eigenvalue weighted by Gasteiger charge is -2.28. The van der Waals surface area contributed by atoms with Gasteiger partial charge in [0, 0.05) is 48.0 Å². The Hall–Kier alpha value is -3.65. The Balaban J connectivity index is 0.000000926. The van der Waals surface area contributed by atoms with Crippen LogP contribution in [-0.4, -0.2) is 60.7 Å². The number of rotatable bonds is 10. The van der Waals surface area contributed by atoms with E-state index in [0.717, 1.165) is 46.1 Å². The molecule has 8 heteroatoms. The summed E-state index contributed by atoms with van der Waals surface area (Å²) in [5.41, 5.74) is 4.29. The van der Waals surface area contributed by atoms with Crippen LogP contribution in [0.4, 0.5) is 0 Å². The monoisotopic (exact) mass is 524 g/mol. The number of carbonyl (C=O) groups excluding carboxylic acids is 2. The van der Waals surface area contributed by atoms with Crippen LogP contribution >= 0.6 is 0 Å². The molecule has 0 aliphatic heterocycles. The Kier molecular flexibility index (Phi) is 10.6. The number of ether oxygens (including phenoxy) is 2. The molecule has 206 valence electrons. The lowest BCUT2D eigenvalue weighted by molar-refractivity contribution is -0.136. The molecule has 0 fully saturated rings. The standard InChI is InChI=1S/C27H34N2O4.C3H6O2/c1-18-12-19(2)26(24(13-18)33-17-30)27(3,4)15-25(31)29-16-20(10-11-28(5)6)22-9-8-21(32-7)14-23(22)29;1-2-3(4)5/h8-9,12-14,16-17H,10-11,15H2,1-7H3;2H2,1H3,(H,4,5). The summed E-state index contributed by atoms with van der Waals surface area (Å²) in [4.78, 5) is 36.3. The van der Waals surface area contributed by atoms with Crippen molar-refractivity contribution < 1.29 is 29.0 Å². The second kappa shape index (κ2) is 13.2. The van der Waals surface area contributed by atoms with Crippen molar-refractivity contribution in [3.63, 3.8) is 0 Å². The second-order valence-corrected chi connectivity index (χ2v) is 10.3. The molecule has 1 heterocycles. The molecule has 3 rings (SSSR count). The molecule has 38 heavy (non-hydrogen) atoms. The molecule has 0 saturated carbocycles. The lowest BCUT2D eigenvalue weighted by atomic mass is 9.78. The molecule has 1 N–H and O–H groups in total. The van der Waals surface area contributed by atoms with Crippen LogP contribution in [0.1, 0.15) is 60.7 Å². The maximum absolute atomic E-state index is 13.6. The zero-order chi connectivity index (χ0) is 28.6. The normalized spacial score (nSPS) is 11.2. The summed E-state index contributed by atoms with van der Waals surface area (Å²) in [6, 6.07) is 9.76. The van der Waals surface area contributed by atoms with Gasteiger partial charge in [-0.15, -0.1) is 0 Å². The number of methoxy groups -OCH3 is 1. The summed E-state index contributed by atoms with van der Waals surface area (Å²) in [5, 5.41) is 8.78. The van der Waals surface area contributed by atoms with Crippen molar-refractivity contribution in [3.8, 4) is 11.5 Å². The molecule has 0 unspecified atom stereocenters. The van der Waals surface area contributed by atoms with Gasteiger partial charge >= 0.3 is 5.97 Å². The van der Waals surface area contributed by atoms with Gasteiger partial charge < -0.3 is 19.5 Å². The van der Waals surface area contributed by atoms with E-state index in [1.54, 1.807) is 18.6 Å². The third kappa shape index (κ3) is 7.68. The van der Waals surface area contributed by atoms with Crippen molar-refractivity contribution >= 4 is 29.3 Å². The number of nitrogens with zero attached hydrogens (tertiary/aromatic N) is 2. The highest BCUT2D eigenvalue weighted by Crippen LogP contribution is 2.38. The van der Waals surface area contributed by atoms with Crippen molar-refractivity contribution in [2.24, 2.45) is 0 Å². The van der Waals surface area contributed by atoms with Crippen molar-refractivity contribution in [2.45, 2.75) is 59.3 Å². The number of likely N-dealkylation sites (N-methyl/N-ethyl adjacent to an activating group) is 1. The van der Waals surface area contributed by atoms with Gasteiger partial charge in [0.05, 0.1) is 12.6 Å². The molecule has 0 aliphatic carbocycles. The van der Waals surface area contributed by atoms with Gasteiger partial charge in [-0.25, -0.2) is 0 Å². The summed E-state index contributed by atoms with van der Waals surface area (Å²) >= 11 is 0. The summed E-state index contributed by atoms with van der Waals surface area (Å²) in [5.74, 6) is 0.450. The van der Waals surface area contributed by atoms with E-state index in [9.17, 15) is 14.4 Å². The van der Waals surface area contributed by atoms with Crippen molar-refractivity contribution in [1.29, 1.82) is 0 Å². The number of hydrogen-bond donors (Lipinski definition) is 1. The highest BCUT2D eigenvalue weighted by atomic mass is 16.5. The minimum atomic E-state index is -0.745. The molecule has 8 nitrogen and oxygen atoms in total. The number of carboxylic acids is 1. The van der Waals surface area contributed by atoms with Gasteiger partial charge in [0.15, 0.2) is 0 Å². The van der Waals surface area contributed by atoms with E-state index in [2.05, 4.69) is 11.0 Å². The number of hydrogen-bond acceptors (Lipinski definition) is 6. The zero-order valence-electron chi connectivity index (χ0n) is 23.8. The van der Waals surface area contributed by atoms with Gasteiger partial charge in [0.25, 0.3) is 6.47 Å². The van der Waals surface area contributed by atoms with Crippen LogP contribution in [0, 0.1) is 13.8 Å². The van der Waals surface area contributed by atoms with Gasteiger partial charge in [-0.3, -0.25) is 19.0 Å². The maximum Gasteiger partial charge on any atom is 0.303 e. The summed E-state index contributed by atoms with van der Waals surface area (Å²) < 4.78 is 12.5. The highest BCUT2D eigenvalue weighted by molar-refractivity contribution is 5.95. The first-order valence-electron chi connectivity index (χ1n) is 12.6. The molecular weight excluding hydrogens is 484 g/mol. The number of aryl methyl sites for hydroxylation is 2. The van der Waals surface area contributed by atoms with Crippen LogP contribution in [0.5, 0.6) is 11.5 Å². The predicted octanol–water partition coefficient (Wildman–Crippen LogP) is 5.40. The quantitative estimate of drug-likeness (QED) is 0.355. The van der Waals surface area contributed by atoms with Crippen LogP contribution in [0.15, 0.2) is 36.5 Å². The molecule has 0 bridgehead atoms. The fraction of sp³-hybridized carbons (Fsp3) is 0.433. The van der Waals surface area contributed by atoms with Crippen molar-refractivity contribution in [1.82, 2.24) is 9.47 Å². The van der Waals surface area contributed by atoms with Crippen molar-refractivity contribution in [3.05, 3.63) is 58.8 Å². The highest BCUT2D eigenvalue weighted by Gasteiger charge is 2.31. The Morgan fingerprint density at radius 1 is 1.13 bits per heavy atom. The molecule has 0 radical (unpaired) electrons. The molecule has 3 aromatic rings. The molecule has 2 aromatic carbocycles. The first-order valence-corrected chi connectivity index (χ1v) is 12.6. The van der Waals surface area contributed by atoms with Gasteiger partial charge in [0.2, 0.25) is 5.91 Å². The average Bonchev–Trinajstić information content (AvgIpc) is 3.20. The number of aliphatic carboxylic acids is 1. The molecule has 0 aliphatic rings. The number of carboxylic acid groups (broad SMARTS) is 1. The Bertz CT molecular complexity index is 1290. The topological polar surface area (TPSA) is 98.1 Å². The fourth-order valence-corrected chi connectivity index (χ4v) is 4.65. The molecule has 0 atom stereocenters. The zero-order valence-corrected chi connectivity index (χ0v) is 23.8. The number of benzene rings is 2. The molecule has 0 saturated heterocycles. The maximum atomic E-state index is 13.6. The Morgan fingerprint density at radius 3 is 2.34 bits per heavy atom. The third-order valence-electron chi connectivity index (χ3n) is 6.38. The Morgan fingerprint density at radius 2 is 1.79 bits per heavy atom. The summed E-state index contributed by atoms with van der Waals surface area (Å²) in [6.07, 6.45) is 3.27. The van der Waals surface area contributed by atoms with Crippen LogP contribution in [0.2, 0.25) is 0 Å². The predicted molar refractivity (Wildman–Crippen MR) is 150 cm³/mol. The molecule has 0 spiro atoms. The van der Waals surface area contributed by atoms with Crippen LogP contribution in [0.3, 0.4) is 0 Å². The van der Waals surface area contributed by atoms with Crippen LogP contribution in [0.25, 0.3) is 10.9 Å². The first kappa shape index (κ1) is 30.6. The third-order valence-corrected chi connectivity index (χ3v) is 6.38. The largest absolute Gasteiger partial charge is 0.497 e. The summed E-state index contributed by atoms with van der Waals surface area (Å²) in [6.45, 7) is 10.9. The van der Waals surface area contributed by atoms with E-state index in [1.165, 1.54) is 0 Å². The molecule has 0 amide bonds. The van der Waals surface area contributed by atoms with Gasteiger partial charge in [0.1, 0.15) is 11.5 Å². The van der Waals surface area contributed by atoms with E-state index >= 15 is 0 Å². The van der Waals surface area contributed by atoms with Gasteiger partial charge in [-0.05, 0) is 69.3 Å². The van der Waals surface area contributed by atoms with E-state index in [1.807, 2.05) is 72.3 Å². The van der Waals surface area contributed by atoms with Gasteiger partial charge in [-0.2, -0.15) is 0 Å². The second-order valence-electron chi connectivity index (χ2n) is 10.3. The molecular formula is C30H40N2O6. The smallest absolute Gasteiger partial charge is 0.303 e. The van der Waals surface area contributed by atoms with Crippen molar-refractivity contribution in [2.75, 3.05) is 27.7 Å².